The molecule has 0 amide bonds. The van der Waals surface area contributed by atoms with Crippen LogP contribution in [0.1, 0.15) is 33.3 Å². The van der Waals surface area contributed by atoms with Gasteiger partial charge in [0.2, 0.25) is 11.9 Å². The molecule has 0 unspecified atom stereocenters. The van der Waals surface area contributed by atoms with Crippen molar-refractivity contribution in [2.24, 2.45) is 0 Å². The lowest BCUT2D eigenvalue weighted by Crippen LogP contribution is -2.41. The van der Waals surface area contributed by atoms with Crippen LogP contribution in [0.5, 0.6) is 0 Å². The Morgan fingerprint density at radius 3 is 1.98 bits per heavy atom. The second-order valence-electron chi connectivity index (χ2n) is 12.1. The number of fused-ring (bicyclic) bond motifs is 3. The van der Waals surface area contributed by atoms with Crippen LogP contribution in [-0.2, 0) is 9.31 Å². The van der Waals surface area contributed by atoms with Crippen molar-refractivity contribution in [1.29, 1.82) is 0 Å². The number of nitrogens with one attached hydrogen (secondary N) is 3. The van der Waals surface area contributed by atoms with Crippen molar-refractivity contribution in [2.45, 2.75) is 45.8 Å². The fraction of sp³-hybridized carbons (Fsp3) is 0.265. The minimum atomic E-state index is -0.358. The van der Waals surface area contributed by atoms with Gasteiger partial charge in [0, 0.05) is 48.8 Å². The van der Waals surface area contributed by atoms with Gasteiger partial charge in [0.15, 0.2) is 0 Å². The summed E-state index contributed by atoms with van der Waals surface area (Å²) >= 11 is 0. The summed E-state index contributed by atoms with van der Waals surface area (Å²) in [5, 5.41) is 9.47. The normalized spacial score (nSPS) is 15.2. The Balaban J connectivity index is 0.000000160. The van der Waals surface area contributed by atoms with E-state index >= 15 is 0 Å². The van der Waals surface area contributed by atoms with Crippen LogP contribution in [0.25, 0.3) is 43.7 Å². The Morgan fingerprint density at radius 2 is 1.36 bits per heavy atom. The lowest BCUT2D eigenvalue weighted by Gasteiger charge is -2.32. The molecule has 4 heterocycles. The zero-order valence-electron chi connectivity index (χ0n) is 26.5. The minimum absolute atomic E-state index is 0.0727. The van der Waals surface area contributed by atoms with E-state index in [1.165, 1.54) is 0 Å². The van der Waals surface area contributed by atoms with Crippen LogP contribution in [0.15, 0.2) is 78.0 Å². The van der Waals surface area contributed by atoms with Gasteiger partial charge in [-0.3, -0.25) is 4.79 Å². The van der Waals surface area contributed by atoms with Crippen LogP contribution in [-0.4, -0.2) is 57.3 Å². The van der Waals surface area contributed by atoms with Gasteiger partial charge in [-0.15, -0.1) is 0 Å². The van der Waals surface area contributed by atoms with E-state index in [0.29, 0.717) is 17.3 Å². The molecule has 10 nitrogen and oxygen atoms in total. The highest BCUT2D eigenvalue weighted by Crippen LogP contribution is 2.36. The molecule has 3 aromatic heterocycles. The maximum Gasteiger partial charge on any atom is 0.494 e. The molecule has 0 bridgehead atoms. The molecule has 1 fully saturated rings. The molecule has 1 aliphatic heterocycles. The van der Waals surface area contributed by atoms with E-state index in [-0.39, 0.29) is 23.9 Å². The molecule has 3 N–H and O–H groups in total. The molecule has 45 heavy (non-hydrogen) atoms. The molecular formula is C34H36BN7O3. The lowest BCUT2D eigenvalue weighted by atomic mass is 9.78. The first-order valence-electron chi connectivity index (χ1n) is 14.9. The van der Waals surface area contributed by atoms with E-state index in [1.54, 1.807) is 20.3 Å². The molecular weight excluding hydrogens is 565 g/mol. The third-order valence-corrected chi connectivity index (χ3v) is 8.61. The molecule has 0 radical (unpaired) electrons. The summed E-state index contributed by atoms with van der Waals surface area (Å²) in [5.74, 6) is 1.22. The van der Waals surface area contributed by atoms with Crippen LogP contribution in [0.2, 0.25) is 0 Å². The van der Waals surface area contributed by atoms with E-state index in [1.807, 2.05) is 60.9 Å². The van der Waals surface area contributed by atoms with E-state index in [9.17, 15) is 4.79 Å². The summed E-state index contributed by atoms with van der Waals surface area (Å²) in [5.41, 5.74) is 5.27. The summed E-state index contributed by atoms with van der Waals surface area (Å²) in [6.45, 7) is 10.3. The largest absolute Gasteiger partial charge is 0.494 e. The van der Waals surface area contributed by atoms with Gasteiger partial charge < -0.3 is 24.9 Å². The maximum atomic E-state index is 12.1. The molecule has 0 saturated carbocycles. The van der Waals surface area contributed by atoms with Crippen molar-refractivity contribution < 1.29 is 9.31 Å². The summed E-state index contributed by atoms with van der Waals surface area (Å²) in [6, 6.07) is 17.9. The second kappa shape index (κ2) is 11.6. The summed E-state index contributed by atoms with van der Waals surface area (Å²) in [7, 11) is 3.25. The Hall–Kier alpha value is -4.87. The van der Waals surface area contributed by atoms with Crippen molar-refractivity contribution in [3.8, 4) is 11.1 Å². The lowest BCUT2D eigenvalue weighted by molar-refractivity contribution is 0.00578. The van der Waals surface area contributed by atoms with Crippen molar-refractivity contribution >= 4 is 57.1 Å². The molecule has 228 valence electrons. The number of H-pyrrole nitrogens is 1. The number of benzene rings is 3. The van der Waals surface area contributed by atoms with Crippen LogP contribution < -0.4 is 21.7 Å². The SMILES string of the molecule is CNc1ncc2cc(-c3c(C)ccc4c(=O)[nH]ccc34)ccc2n1.CNc1ncc2cc(B3OC(C)(C)C(C)(C)O3)ccc2n1. The van der Waals surface area contributed by atoms with Crippen LogP contribution in [0.4, 0.5) is 11.9 Å². The van der Waals surface area contributed by atoms with Gasteiger partial charge >= 0.3 is 7.12 Å². The third kappa shape index (κ3) is 5.72. The van der Waals surface area contributed by atoms with E-state index in [0.717, 1.165) is 49.3 Å². The standard InChI is InChI=1S/C19H16N4O.C15H20BN3O2/c1-11-3-5-15-14(7-8-21-18(15)24)17(11)12-4-6-16-13(9-12)10-22-19(20-2)23-16;1-14(2)15(3,4)21-16(20-14)11-6-7-12-10(8-11)9-18-13(17-5)19-12/h3-10H,1-2H3,(H,21,24)(H,20,22,23);6-9H,1-5H3,(H,17,18,19). The number of anilines is 2. The summed E-state index contributed by atoms with van der Waals surface area (Å²) < 4.78 is 12.1. The Kier molecular flexibility index (Phi) is 7.76. The second-order valence-corrected chi connectivity index (χ2v) is 12.1. The number of nitrogens with zero attached hydrogens (tertiary/aromatic N) is 4. The number of aromatic amines is 1. The molecule has 0 atom stereocenters. The smallest absolute Gasteiger partial charge is 0.399 e. The summed E-state index contributed by atoms with van der Waals surface area (Å²) in [6.07, 6.45) is 5.31. The van der Waals surface area contributed by atoms with Crippen molar-refractivity contribution in [3.63, 3.8) is 0 Å². The topological polar surface area (TPSA) is 127 Å². The Morgan fingerprint density at radius 1 is 0.756 bits per heavy atom. The number of hydrogen-bond acceptors (Lipinski definition) is 9. The number of aromatic nitrogens is 5. The third-order valence-electron chi connectivity index (χ3n) is 8.61. The van der Waals surface area contributed by atoms with E-state index in [4.69, 9.17) is 9.31 Å². The van der Waals surface area contributed by atoms with E-state index in [2.05, 4.69) is 76.2 Å². The van der Waals surface area contributed by atoms with Gasteiger partial charge in [-0.25, -0.2) is 19.9 Å². The molecule has 1 saturated heterocycles. The molecule has 7 rings (SSSR count). The average Bonchev–Trinajstić information content (AvgIpc) is 3.26. The highest BCUT2D eigenvalue weighted by Gasteiger charge is 2.51. The predicted octanol–water partition coefficient (Wildman–Crippen LogP) is 5.46. The average molecular weight is 602 g/mol. The van der Waals surface area contributed by atoms with E-state index < -0.39 is 0 Å². The molecule has 11 heteroatoms. The predicted molar refractivity (Wildman–Crippen MR) is 182 cm³/mol. The number of aryl methyl sites for hydroxylation is 1. The molecule has 3 aromatic carbocycles. The maximum absolute atomic E-state index is 12.1. The van der Waals surface area contributed by atoms with Crippen molar-refractivity contribution in [3.05, 3.63) is 89.1 Å². The van der Waals surface area contributed by atoms with Crippen molar-refractivity contribution in [2.75, 3.05) is 24.7 Å². The van der Waals surface area contributed by atoms with Gasteiger partial charge in [-0.2, -0.15) is 0 Å². The zero-order valence-corrected chi connectivity index (χ0v) is 26.5. The van der Waals surface area contributed by atoms with Gasteiger partial charge in [0.1, 0.15) is 0 Å². The first kappa shape index (κ1) is 30.2. The number of rotatable bonds is 4. The summed E-state index contributed by atoms with van der Waals surface area (Å²) in [4.78, 5) is 32.2. The molecule has 6 aromatic rings. The van der Waals surface area contributed by atoms with Crippen LogP contribution in [0.3, 0.4) is 0 Å². The fourth-order valence-corrected chi connectivity index (χ4v) is 5.37. The highest BCUT2D eigenvalue weighted by atomic mass is 16.7. The quantitative estimate of drug-likeness (QED) is 0.226. The number of hydrogen-bond donors (Lipinski definition) is 3. The van der Waals surface area contributed by atoms with Gasteiger partial charge in [-0.05, 0) is 92.5 Å². The first-order chi connectivity index (χ1) is 21.5. The Bertz CT molecular complexity index is 2100. The molecule has 0 spiro atoms. The van der Waals surface area contributed by atoms with Gasteiger partial charge in [0.25, 0.3) is 5.56 Å². The molecule has 1 aliphatic rings. The van der Waals surface area contributed by atoms with Gasteiger partial charge in [-0.1, -0.05) is 24.3 Å². The fourth-order valence-electron chi connectivity index (χ4n) is 5.37. The number of pyridine rings is 1. The molecule has 0 aliphatic carbocycles. The Labute approximate surface area is 261 Å². The van der Waals surface area contributed by atoms with Crippen LogP contribution in [0, 0.1) is 6.92 Å². The van der Waals surface area contributed by atoms with Crippen LogP contribution >= 0.6 is 0 Å². The first-order valence-corrected chi connectivity index (χ1v) is 14.9. The minimum Gasteiger partial charge on any atom is -0.399 e. The van der Waals surface area contributed by atoms with Gasteiger partial charge in [0.05, 0.1) is 22.2 Å². The monoisotopic (exact) mass is 601 g/mol. The van der Waals surface area contributed by atoms with Crippen molar-refractivity contribution in [1.82, 2.24) is 24.9 Å². The highest BCUT2D eigenvalue weighted by molar-refractivity contribution is 6.62. The zero-order chi connectivity index (χ0) is 31.9.